The fraction of sp³-hybridized carbons (Fsp3) is 0.318. The molecule has 0 aliphatic carbocycles. The Morgan fingerprint density at radius 2 is 2.14 bits per heavy atom. The van der Waals surface area contributed by atoms with Gasteiger partial charge in [0.25, 0.3) is 5.91 Å². The lowest BCUT2D eigenvalue weighted by molar-refractivity contribution is 0.0693. The van der Waals surface area contributed by atoms with E-state index in [9.17, 15) is 4.79 Å². The van der Waals surface area contributed by atoms with Gasteiger partial charge in [-0.25, -0.2) is 9.97 Å². The third-order valence-electron chi connectivity index (χ3n) is 5.15. The lowest BCUT2D eigenvalue weighted by Gasteiger charge is -2.31. The number of aromatic nitrogens is 2. The van der Waals surface area contributed by atoms with Crippen LogP contribution in [0.3, 0.4) is 0 Å². The van der Waals surface area contributed by atoms with Gasteiger partial charge in [0.15, 0.2) is 5.89 Å². The number of piperidine rings is 1. The van der Waals surface area contributed by atoms with Crippen LogP contribution in [0, 0.1) is 0 Å². The Morgan fingerprint density at radius 3 is 2.97 bits per heavy atom. The predicted molar refractivity (Wildman–Crippen MR) is 109 cm³/mol. The first-order valence-electron chi connectivity index (χ1n) is 9.62. The molecule has 0 radical (unpaired) electrons. The number of carbonyl (C=O) groups excluding carboxylic acids is 1. The van der Waals surface area contributed by atoms with Crippen LogP contribution >= 0.6 is 11.6 Å². The molecule has 1 amide bonds. The van der Waals surface area contributed by atoms with Gasteiger partial charge in [0.1, 0.15) is 11.3 Å². The van der Waals surface area contributed by atoms with E-state index in [2.05, 4.69) is 9.97 Å². The Bertz CT molecular complexity index is 1000. The van der Waals surface area contributed by atoms with Gasteiger partial charge in [-0.3, -0.25) is 4.79 Å². The van der Waals surface area contributed by atoms with Crippen LogP contribution in [-0.4, -0.2) is 41.0 Å². The fourth-order valence-corrected chi connectivity index (χ4v) is 3.87. The normalized spacial score (nSPS) is 16.6. The van der Waals surface area contributed by atoms with Gasteiger partial charge in [-0.1, -0.05) is 29.8 Å². The van der Waals surface area contributed by atoms with Crippen molar-refractivity contribution in [3.8, 4) is 5.88 Å². The van der Waals surface area contributed by atoms with Crippen LogP contribution < -0.4 is 4.74 Å². The summed E-state index contributed by atoms with van der Waals surface area (Å²) in [6.45, 7) is 1.25. The summed E-state index contributed by atoms with van der Waals surface area (Å²) in [4.78, 5) is 23.4. The molecule has 0 bridgehead atoms. The van der Waals surface area contributed by atoms with Gasteiger partial charge in [0.05, 0.1) is 19.2 Å². The average molecular weight is 412 g/mol. The number of benzene rings is 1. The number of hydrogen-bond acceptors (Lipinski definition) is 5. The van der Waals surface area contributed by atoms with Crippen molar-refractivity contribution >= 4 is 17.5 Å². The van der Waals surface area contributed by atoms with Crippen molar-refractivity contribution in [3.05, 3.63) is 76.6 Å². The van der Waals surface area contributed by atoms with Crippen LogP contribution in [0.1, 0.15) is 46.3 Å². The molecule has 0 N–H and O–H groups in total. The molecule has 2 aromatic heterocycles. The lowest BCUT2D eigenvalue weighted by atomic mass is 9.97. The molecule has 4 rings (SSSR count). The van der Waals surface area contributed by atoms with Crippen molar-refractivity contribution in [2.45, 2.75) is 25.2 Å². The molecule has 6 nitrogen and oxygen atoms in total. The van der Waals surface area contributed by atoms with Gasteiger partial charge >= 0.3 is 0 Å². The molecule has 1 fully saturated rings. The summed E-state index contributed by atoms with van der Waals surface area (Å²) in [6.07, 6.45) is 5.78. The minimum absolute atomic E-state index is 0.0651. The van der Waals surface area contributed by atoms with Crippen molar-refractivity contribution in [2.75, 3.05) is 20.2 Å². The summed E-state index contributed by atoms with van der Waals surface area (Å²) in [6, 6.07) is 11.2. The van der Waals surface area contributed by atoms with E-state index in [0.29, 0.717) is 41.9 Å². The Labute approximate surface area is 174 Å². The van der Waals surface area contributed by atoms with Crippen LogP contribution in [-0.2, 0) is 6.42 Å². The maximum Gasteiger partial charge on any atom is 0.259 e. The van der Waals surface area contributed by atoms with E-state index in [1.54, 1.807) is 24.5 Å². The molecular formula is C22H22ClN3O3. The average Bonchev–Trinajstić information content (AvgIpc) is 3.23. The summed E-state index contributed by atoms with van der Waals surface area (Å²) < 4.78 is 11.3. The standard InChI is InChI=1S/C22H22ClN3O3/c1-28-21-18(8-4-10-24-21)22(27)26-11-5-7-16(14-26)20-25-13-17(29-20)12-15-6-2-3-9-19(15)23/h2-4,6,8-10,13,16H,5,7,11-12,14H2,1H3/t16-/m0/s1. The van der Waals surface area contributed by atoms with Gasteiger partial charge < -0.3 is 14.1 Å². The summed E-state index contributed by atoms with van der Waals surface area (Å²) >= 11 is 6.24. The van der Waals surface area contributed by atoms with Gasteiger partial charge in [0, 0.05) is 30.7 Å². The molecule has 1 aliphatic heterocycles. The minimum atomic E-state index is -0.0810. The highest BCUT2D eigenvalue weighted by molar-refractivity contribution is 6.31. The van der Waals surface area contributed by atoms with Gasteiger partial charge in [0.2, 0.25) is 5.88 Å². The molecule has 1 atom stereocenters. The van der Waals surface area contributed by atoms with Gasteiger partial charge in [-0.05, 0) is 36.6 Å². The van der Waals surface area contributed by atoms with E-state index in [1.807, 2.05) is 29.2 Å². The molecule has 7 heteroatoms. The highest BCUT2D eigenvalue weighted by atomic mass is 35.5. The van der Waals surface area contributed by atoms with Crippen molar-refractivity contribution < 1.29 is 13.9 Å². The van der Waals surface area contributed by atoms with E-state index < -0.39 is 0 Å². The number of nitrogens with zero attached hydrogens (tertiary/aromatic N) is 3. The van der Waals surface area contributed by atoms with Crippen molar-refractivity contribution in [1.82, 2.24) is 14.9 Å². The Morgan fingerprint density at radius 1 is 1.28 bits per heavy atom. The second-order valence-corrected chi connectivity index (χ2v) is 7.49. The lowest BCUT2D eigenvalue weighted by Crippen LogP contribution is -2.39. The molecule has 29 heavy (non-hydrogen) atoms. The zero-order chi connectivity index (χ0) is 20.2. The van der Waals surface area contributed by atoms with E-state index >= 15 is 0 Å². The van der Waals surface area contributed by atoms with Crippen LogP contribution in [0.4, 0.5) is 0 Å². The molecule has 150 valence electrons. The SMILES string of the molecule is COc1ncccc1C(=O)N1CCC[C@H](c2ncc(Cc3ccccc3Cl)o2)C1. The summed E-state index contributed by atoms with van der Waals surface area (Å²) in [5.41, 5.74) is 1.48. The number of carbonyl (C=O) groups is 1. The fourth-order valence-electron chi connectivity index (χ4n) is 3.67. The van der Waals surface area contributed by atoms with E-state index in [0.717, 1.165) is 24.2 Å². The first-order valence-corrected chi connectivity index (χ1v) is 10.00. The zero-order valence-electron chi connectivity index (χ0n) is 16.2. The van der Waals surface area contributed by atoms with E-state index in [4.69, 9.17) is 20.8 Å². The van der Waals surface area contributed by atoms with Crippen molar-refractivity contribution in [1.29, 1.82) is 0 Å². The number of oxazole rings is 1. The maximum atomic E-state index is 13.0. The number of hydrogen-bond donors (Lipinski definition) is 0. The Kier molecular flexibility index (Phi) is 5.81. The molecule has 1 aromatic carbocycles. The molecule has 0 unspecified atom stereocenters. The number of rotatable bonds is 5. The summed E-state index contributed by atoms with van der Waals surface area (Å²) in [5, 5.41) is 0.713. The predicted octanol–water partition coefficient (Wildman–Crippen LogP) is 4.34. The van der Waals surface area contributed by atoms with Gasteiger partial charge in [-0.2, -0.15) is 0 Å². The quantitative estimate of drug-likeness (QED) is 0.624. The summed E-state index contributed by atoms with van der Waals surface area (Å²) in [5.74, 6) is 1.77. The third kappa shape index (κ3) is 4.27. The molecule has 1 aliphatic rings. The first kappa shape index (κ1) is 19.5. The number of halogens is 1. The molecule has 1 saturated heterocycles. The number of methoxy groups -OCH3 is 1. The number of amides is 1. The zero-order valence-corrected chi connectivity index (χ0v) is 16.9. The largest absolute Gasteiger partial charge is 0.480 e. The highest BCUT2D eigenvalue weighted by Gasteiger charge is 2.29. The maximum absolute atomic E-state index is 13.0. The smallest absolute Gasteiger partial charge is 0.259 e. The first-order chi connectivity index (χ1) is 14.2. The Hall–Kier alpha value is -2.86. The second kappa shape index (κ2) is 8.66. The van der Waals surface area contributed by atoms with E-state index in [-0.39, 0.29) is 11.8 Å². The molecular weight excluding hydrogens is 390 g/mol. The highest BCUT2D eigenvalue weighted by Crippen LogP contribution is 2.29. The molecule has 3 heterocycles. The molecule has 0 spiro atoms. The second-order valence-electron chi connectivity index (χ2n) is 7.08. The van der Waals surface area contributed by atoms with Crippen molar-refractivity contribution in [2.24, 2.45) is 0 Å². The molecule has 3 aromatic rings. The minimum Gasteiger partial charge on any atom is -0.480 e. The number of ether oxygens (including phenoxy) is 1. The monoisotopic (exact) mass is 411 g/mol. The van der Waals surface area contributed by atoms with Crippen LogP contribution in [0.5, 0.6) is 5.88 Å². The topological polar surface area (TPSA) is 68.5 Å². The van der Waals surface area contributed by atoms with Crippen LogP contribution in [0.15, 0.2) is 53.2 Å². The summed E-state index contributed by atoms with van der Waals surface area (Å²) in [7, 11) is 1.52. The Balaban J connectivity index is 1.47. The third-order valence-corrected chi connectivity index (χ3v) is 5.52. The van der Waals surface area contributed by atoms with E-state index in [1.165, 1.54) is 7.11 Å². The van der Waals surface area contributed by atoms with Crippen LogP contribution in [0.2, 0.25) is 5.02 Å². The van der Waals surface area contributed by atoms with Crippen molar-refractivity contribution in [3.63, 3.8) is 0 Å². The van der Waals surface area contributed by atoms with Crippen LogP contribution in [0.25, 0.3) is 0 Å². The number of likely N-dealkylation sites (tertiary alicyclic amines) is 1. The number of pyridine rings is 1. The van der Waals surface area contributed by atoms with Gasteiger partial charge in [-0.15, -0.1) is 0 Å². The molecule has 0 saturated carbocycles.